The van der Waals surface area contributed by atoms with E-state index in [0.717, 1.165) is 25.2 Å². The molecule has 0 spiro atoms. The van der Waals surface area contributed by atoms with Crippen LogP contribution in [0.4, 0.5) is 0 Å². The van der Waals surface area contributed by atoms with Gasteiger partial charge in [-0.25, -0.2) is 0 Å². The monoisotopic (exact) mass is 233 g/mol. The van der Waals surface area contributed by atoms with Crippen LogP contribution in [0.2, 0.25) is 0 Å². The van der Waals surface area contributed by atoms with Crippen molar-refractivity contribution < 1.29 is 4.79 Å². The van der Waals surface area contributed by atoms with E-state index in [0.29, 0.717) is 18.9 Å². The lowest BCUT2D eigenvalue weighted by Gasteiger charge is -2.29. The number of aromatic nitrogens is 1. The largest absolute Gasteiger partial charge is 0.339 e. The molecule has 17 heavy (non-hydrogen) atoms. The zero-order valence-corrected chi connectivity index (χ0v) is 10.2. The third-order valence-corrected chi connectivity index (χ3v) is 3.19. The summed E-state index contributed by atoms with van der Waals surface area (Å²) >= 11 is 0. The summed E-state index contributed by atoms with van der Waals surface area (Å²) in [6, 6.07) is 3.92. The normalized spacial score (nSPS) is 15.4. The van der Waals surface area contributed by atoms with Crippen molar-refractivity contribution in [1.82, 2.24) is 15.2 Å². The molecular weight excluding hydrogens is 214 g/mol. The number of carbonyl (C=O) groups excluding carboxylic acids is 1. The van der Waals surface area contributed by atoms with Gasteiger partial charge in [0, 0.05) is 31.9 Å². The Morgan fingerprint density at radius 3 is 2.71 bits per heavy atom. The van der Waals surface area contributed by atoms with Crippen molar-refractivity contribution in [2.45, 2.75) is 19.9 Å². The molecule has 1 aliphatic heterocycles. The Kier molecular flexibility index (Phi) is 4.09. The molecule has 0 saturated carbocycles. The van der Waals surface area contributed by atoms with E-state index >= 15 is 0 Å². The van der Waals surface area contributed by atoms with E-state index in [1.807, 2.05) is 24.0 Å². The minimum Gasteiger partial charge on any atom is -0.339 e. The van der Waals surface area contributed by atoms with Crippen molar-refractivity contribution in [3.8, 4) is 0 Å². The van der Waals surface area contributed by atoms with Gasteiger partial charge in [-0.3, -0.25) is 9.78 Å². The topological polar surface area (TPSA) is 45.2 Å². The average molecular weight is 233 g/mol. The van der Waals surface area contributed by atoms with Crippen LogP contribution in [0.1, 0.15) is 18.9 Å². The van der Waals surface area contributed by atoms with Crippen molar-refractivity contribution in [2.24, 2.45) is 5.92 Å². The fraction of sp³-hybridized carbons (Fsp3) is 0.538. The van der Waals surface area contributed by atoms with Crippen molar-refractivity contribution in [3.63, 3.8) is 0 Å². The van der Waals surface area contributed by atoms with Gasteiger partial charge in [0.05, 0.1) is 0 Å². The van der Waals surface area contributed by atoms with Crippen molar-refractivity contribution in [3.05, 3.63) is 30.1 Å². The van der Waals surface area contributed by atoms with Gasteiger partial charge in [-0.2, -0.15) is 0 Å². The molecule has 0 radical (unpaired) electrons. The number of hydrogen-bond acceptors (Lipinski definition) is 3. The lowest BCUT2D eigenvalue weighted by Crippen LogP contribution is -2.45. The minimum absolute atomic E-state index is 0.260. The molecule has 0 aliphatic carbocycles. The van der Waals surface area contributed by atoms with E-state index in [4.69, 9.17) is 0 Å². The van der Waals surface area contributed by atoms with Crippen molar-refractivity contribution in [2.75, 3.05) is 19.6 Å². The zero-order chi connectivity index (χ0) is 12.1. The van der Waals surface area contributed by atoms with Crippen LogP contribution in [-0.4, -0.2) is 35.4 Å². The highest BCUT2D eigenvalue weighted by molar-refractivity contribution is 5.76. The van der Waals surface area contributed by atoms with Crippen LogP contribution in [0, 0.1) is 5.92 Å². The number of nitrogens with zero attached hydrogens (tertiary/aromatic N) is 2. The van der Waals surface area contributed by atoms with Gasteiger partial charge in [-0.15, -0.1) is 0 Å². The molecule has 1 N–H and O–H groups in total. The summed E-state index contributed by atoms with van der Waals surface area (Å²) in [7, 11) is 0. The Balaban J connectivity index is 1.89. The summed E-state index contributed by atoms with van der Waals surface area (Å²) in [5.41, 5.74) is 1.14. The highest BCUT2D eigenvalue weighted by Gasteiger charge is 2.22. The Morgan fingerprint density at radius 1 is 1.47 bits per heavy atom. The van der Waals surface area contributed by atoms with Gasteiger partial charge in [0.2, 0.25) is 5.91 Å². The molecule has 0 unspecified atom stereocenters. The van der Waals surface area contributed by atoms with E-state index in [2.05, 4.69) is 10.3 Å². The number of amides is 1. The maximum atomic E-state index is 12.1. The second kappa shape index (κ2) is 5.77. The standard InChI is InChI=1S/C13H19N3O/c1-2-16(10-11-3-5-14-6-4-11)13(17)7-12-8-15-9-12/h3-6,12,15H,2,7-10H2,1H3. The van der Waals surface area contributed by atoms with E-state index < -0.39 is 0 Å². The zero-order valence-electron chi connectivity index (χ0n) is 10.2. The first-order valence-corrected chi connectivity index (χ1v) is 6.17. The molecule has 0 atom stereocenters. The maximum Gasteiger partial charge on any atom is 0.223 e. The molecular formula is C13H19N3O. The Bertz CT molecular complexity index is 362. The van der Waals surface area contributed by atoms with Gasteiger partial charge in [0.1, 0.15) is 0 Å². The fourth-order valence-electron chi connectivity index (χ4n) is 1.95. The number of pyridine rings is 1. The smallest absolute Gasteiger partial charge is 0.223 e. The lowest BCUT2D eigenvalue weighted by atomic mass is 9.98. The molecule has 2 rings (SSSR count). The first-order valence-electron chi connectivity index (χ1n) is 6.17. The molecule has 1 fully saturated rings. The summed E-state index contributed by atoms with van der Waals surface area (Å²) in [5, 5.41) is 3.19. The van der Waals surface area contributed by atoms with E-state index in [9.17, 15) is 4.79 Å². The van der Waals surface area contributed by atoms with Gasteiger partial charge in [0.15, 0.2) is 0 Å². The van der Waals surface area contributed by atoms with Gasteiger partial charge >= 0.3 is 0 Å². The van der Waals surface area contributed by atoms with Crippen LogP contribution >= 0.6 is 0 Å². The summed E-state index contributed by atoms with van der Waals surface area (Å²) in [6.45, 7) is 5.45. The molecule has 1 aromatic heterocycles. The van der Waals surface area contributed by atoms with Crippen LogP contribution < -0.4 is 5.32 Å². The van der Waals surface area contributed by atoms with E-state index in [-0.39, 0.29) is 5.91 Å². The van der Waals surface area contributed by atoms with Crippen LogP contribution in [0.3, 0.4) is 0 Å². The summed E-state index contributed by atoms with van der Waals surface area (Å²) in [6.07, 6.45) is 4.21. The Labute approximate surface area is 102 Å². The molecule has 1 amide bonds. The third-order valence-electron chi connectivity index (χ3n) is 3.19. The predicted molar refractivity (Wildman–Crippen MR) is 66.3 cm³/mol. The van der Waals surface area contributed by atoms with Gasteiger partial charge in [-0.1, -0.05) is 0 Å². The minimum atomic E-state index is 0.260. The number of nitrogens with one attached hydrogen (secondary N) is 1. The quantitative estimate of drug-likeness (QED) is 0.826. The predicted octanol–water partition coefficient (Wildman–Crippen LogP) is 1.04. The first kappa shape index (κ1) is 12.0. The number of rotatable bonds is 5. The van der Waals surface area contributed by atoms with Crippen molar-refractivity contribution in [1.29, 1.82) is 0 Å². The van der Waals surface area contributed by atoms with Gasteiger partial charge in [0.25, 0.3) is 0 Å². The molecule has 0 aromatic carbocycles. The van der Waals surface area contributed by atoms with Gasteiger partial charge < -0.3 is 10.2 Å². The molecule has 1 saturated heterocycles. The van der Waals surface area contributed by atoms with Crippen LogP contribution in [0.25, 0.3) is 0 Å². The van der Waals surface area contributed by atoms with E-state index in [1.165, 1.54) is 0 Å². The van der Waals surface area contributed by atoms with Crippen LogP contribution in [0.15, 0.2) is 24.5 Å². The molecule has 2 heterocycles. The average Bonchev–Trinajstić information content (AvgIpc) is 2.32. The number of hydrogen-bond donors (Lipinski definition) is 1. The summed E-state index contributed by atoms with van der Waals surface area (Å²) in [5.74, 6) is 0.796. The summed E-state index contributed by atoms with van der Waals surface area (Å²) in [4.78, 5) is 18.0. The highest BCUT2D eigenvalue weighted by Crippen LogP contribution is 2.12. The fourth-order valence-corrected chi connectivity index (χ4v) is 1.95. The van der Waals surface area contributed by atoms with Crippen molar-refractivity contribution >= 4 is 5.91 Å². The third kappa shape index (κ3) is 3.27. The molecule has 4 heteroatoms. The second-order valence-corrected chi connectivity index (χ2v) is 4.49. The molecule has 1 aromatic rings. The van der Waals surface area contributed by atoms with E-state index in [1.54, 1.807) is 12.4 Å². The number of carbonyl (C=O) groups is 1. The first-order chi connectivity index (χ1) is 8.29. The second-order valence-electron chi connectivity index (χ2n) is 4.49. The Morgan fingerprint density at radius 2 is 2.18 bits per heavy atom. The van der Waals surface area contributed by atoms with Gasteiger partial charge in [-0.05, 0) is 43.6 Å². The molecule has 92 valence electrons. The SMILES string of the molecule is CCN(Cc1ccncc1)C(=O)CC1CNC1. The Hall–Kier alpha value is -1.42. The molecule has 4 nitrogen and oxygen atoms in total. The lowest BCUT2D eigenvalue weighted by molar-refractivity contribution is -0.133. The highest BCUT2D eigenvalue weighted by atomic mass is 16.2. The molecule has 0 bridgehead atoms. The molecule has 1 aliphatic rings. The van der Waals surface area contributed by atoms with Crippen LogP contribution in [0.5, 0.6) is 0 Å². The van der Waals surface area contributed by atoms with Crippen LogP contribution in [-0.2, 0) is 11.3 Å². The summed E-state index contributed by atoms with van der Waals surface area (Å²) < 4.78 is 0. The maximum absolute atomic E-state index is 12.1.